The van der Waals surface area contributed by atoms with Crippen LogP contribution in [0.25, 0.3) is 0 Å². The van der Waals surface area contributed by atoms with Crippen molar-refractivity contribution in [3.05, 3.63) is 77.7 Å². The van der Waals surface area contributed by atoms with E-state index in [2.05, 4.69) is 0 Å². The molecule has 1 saturated heterocycles. The molecule has 2 atom stereocenters. The summed E-state index contributed by atoms with van der Waals surface area (Å²) in [5, 5.41) is 11.7. The number of hydrogen-bond donors (Lipinski definition) is 1. The number of anilines is 2. The monoisotopic (exact) mass is 567 g/mol. The molecule has 0 radical (unpaired) electrons. The second kappa shape index (κ2) is 10.7. The van der Waals surface area contributed by atoms with Crippen molar-refractivity contribution >= 4 is 38.6 Å². The van der Waals surface area contributed by atoms with Gasteiger partial charge in [0.15, 0.2) is 5.60 Å². The number of thiophene rings is 1. The summed E-state index contributed by atoms with van der Waals surface area (Å²) in [5.74, 6) is -0.231. The van der Waals surface area contributed by atoms with E-state index in [1.54, 1.807) is 46.7 Å². The molecule has 2 heterocycles. The first-order chi connectivity index (χ1) is 17.8. The van der Waals surface area contributed by atoms with E-state index in [0.29, 0.717) is 18.3 Å². The smallest absolute Gasteiger partial charge is 0.376 e. The minimum atomic E-state index is -4.85. The van der Waals surface area contributed by atoms with Crippen LogP contribution in [0.15, 0.2) is 76.3 Å². The first-order valence-electron chi connectivity index (χ1n) is 11.9. The topological polar surface area (TPSA) is 81.2 Å². The molecule has 3 aromatic rings. The predicted octanol–water partition coefficient (Wildman–Crippen LogP) is 4.45. The molecule has 12 heteroatoms. The summed E-state index contributed by atoms with van der Waals surface area (Å²) in [6, 6.07) is 17.1. The van der Waals surface area contributed by atoms with Crippen molar-refractivity contribution < 1.29 is 31.5 Å². The summed E-state index contributed by atoms with van der Waals surface area (Å²) in [6.07, 6.45) is -4.85. The molecule has 1 aliphatic heterocycles. The van der Waals surface area contributed by atoms with Gasteiger partial charge in [-0.1, -0.05) is 36.4 Å². The molecule has 0 unspecified atom stereocenters. The number of nitrogens with zero attached hydrogens (tertiary/aromatic N) is 3. The van der Waals surface area contributed by atoms with E-state index in [-0.39, 0.29) is 41.9 Å². The number of sulfonamides is 1. The van der Waals surface area contributed by atoms with Crippen molar-refractivity contribution in [1.29, 1.82) is 0 Å². The number of rotatable bonds is 7. The predicted molar refractivity (Wildman–Crippen MR) is 141 cm³/mol. The van der Waals surface area contributed by atoms with Crippen LogP contribution < -0.4 is 9.80 Å². The largest absolute Gasteiger partial charge is 0.421 e. The van der Waals surface area contributed by atoms with Crippen LogP contribution in [0.4, 0.5) is 24.5 Å². The Balaban J connectivity index is 1.67. The summed E-state index contributed by atoms with van der Waals surface area (Å²) in [7, 11) is -3.76. The second-order valence-electron chi connectivity index (χ2n) is 9.22. The van der Waals surface area contributed by atoms with Crippen molar-refractivity contribution in [3.8, 4) is 0 Å². The zero-order chi connectivity index (χ0) is 27.7. The Labute approximate surface area is 223 Å². The van der Waals surface area contributed by atoms with E-state index in [1.807, 2.05) is 11.0 Å². The summed E-state index contributed by atoms with van der Waals surface area (Å²) >= 11 is 1.12. The molecule has 0 saturated carbocycles. The van der Waals surface area contributed by atoms with E-state index < -0.39 is 27.8 Å². The maximum atomic E-state index is 13.3. The molecular weight excluding hydrogens is 539 g/mol. The summed E-state index contributed by atoms with van der Waals surface area (Å²) in [4.78, 5) is 16.1. The van der Waals surface area contributed by atoms with Crippen LogP contribution in [-0.4, -0.2) is 62.1 Å². The Kier molecular flexibility index (Phi) is 7.89. The number of alkyl halides is 3. The molecular formula is C26H28F3N3O4S2. The fourth-order valence-corrected chi connectivity index (χ4v) is 7.07. The average molecular weight is 568 g/mol. The van der Waals surface area contributed by atoms with Gasteiger partial charge >= 0.3 is 6.18 Å². The number of amides is 1. The lowest BCUT2D eigenvalue weighted by Crippen LogP contribution is -2.58. The number of carbonyl (C=O) groups is 1. The van der Waals surface area contributed by atoms with Crippen LogP contribution >= 0.6 is 11.3 Å². The maximum absolute atomic E-state index is 13.3. The van der Waals surface area contributed by atoms with Gasteiger partial charge in [-0.3, -0.25) is 4.79 Å². The fraction of sp³-hybridized carbons (Fsp3) is 0.346. The third-order valence-electron chi connectivity index (χ3n) is 6.69. The van der Waals surface area contributed by atoms with Gasteiger partial charge in [0.1, 0.15) is 4.21 Å². The van der Waals surface area contributed by atoms with Gasteiger partial charge < -0.3 is 14.9 Å². The molecule has 0 bridgehead atoms. The van der Waals surface area contributed by atoms with Crippen molar-refractivity contribution in [3.63, 3.8) is 0 Å². The molecule has 1 N–H and O–H groups in total. The molecule has 1 amide bonds. The fourth-order valence-electron chi connectivity index (χ4n) is 4.45. The SMILES string of the molecule is CC(=O)N(C[C@H]1CN(S(=O)(=O)c2cccs2)CCN1c1ccc([C@](C)(O)C(F)(F)F)cc1)c1ccccc1. The van der Waals surface area contributed by atoms with E-state index in [4.69, 9.17) is 0 Å². The molecule has 0 spiro atoms. The number of benzene rings is 2. The average Bonchev–Trinajstić information content (AvgIpc) is 3.43. The normalized spacial score (nSPS) is 18.7. The number of carbonyl (C=O) groups excluding carboxylic acids is 1. The number of para-hydroxylation sites is 1. The van der Waals surface area contributed by atoms with Crippen molar-refractivity contribution in [2.24, 2.45) is 0 Å². The van der Waals surface area contributed by atoms with Crippen LogP contribution in [0.5, 0.6) is 0 Å². The third kappa shape index (κ3) is 5.58. The number of piperazine rings is 1. The van der Waals surface area contributed by atoms with Crippen LogP contribution in [0.3, 0.4) is 0 Å². The van der Waals surface area contributed by atoms with Gasteiger partial charge in [-0.15, -0.1) is 11.3 Å². The molecule has 0 aliphatic carbocycles. The van der Waals surface area contributed by atoms with Crippen LogP contribution in [0, 0.1) is 0 Å². The van der Waals surface area contributed by atoms with Gasteiger partial charge in [-0.05, 0) is 48.2 Å². The summed E-state index contributed by atoms with van der Waals surface area (Å²) in [5.41, 5.74) is -2.12. The van der Waals surface area contributed by atoms with Gasteiger partial charge in [0.2, 0.25) is 5.91 Å². The van der Waals surface area contributed by atoms with E-state index in [1.165, 1.54) is 35.5 Å². The highest BCUT2D eigenvalue weighted by molar-refractivity contribution is 7.91. The summed E-state index contributed by atoms with van der Waals surface area (Å²) in [6.45, 7) is 2.75. The molecule has 1 fully saturated rings. The third-order valence-corrected chi connectivity index (χ3v) is 9.93. The Bertz CT molecular complexity index is 1350. The second-order valence-corrected chi connectivity index (χ2v) is 12.3. The molecule has 1 aliphatic rings. The standard InChI is InChI=1S/C26H28F3N3O4S2/c1-19(33)32(21-7-4-3-5-8-21)18-23-17-30(38(35,36)24-9-6-16-37-24)14-15-31(23)22-12-10-20(11-13-22)25(2,34)26(27,28)29/h3-13,16,23,34H,14-15,17-18H2,1-2H3/t23-,25+/m1/s1. The number of hydrogen-bond acceptors (Lipinski definition) is 6. The van der Waals surface area contributed by atoms with E-state index >= 15 is 0 Å². The highest BCUT2D eigenvalue weighted by Gasteiger charge is 2.51. The van der Waals surface area contributed by atoms with Gasteiger partial charge in [0, 0.05) is 44.5 Å². The van der Waals surface area contributed by atoms with Crippen molar-refractivity contribution in [2.75, 3.05) is 36.0 Å². The Morgan fingerprint density at radius 2 is 1.71 bits per heavy atom. The number of halogens is 3. The van der Waals surface area contributed by atoms with Crippen molar-refractivity contribution in [1.82, 2.24) is 4.31 Å². The van der Waals surface area contributed by atoms with E-state index in [9.17, 15) is 31.5 Å². The van der Waals surface area contributed by atoms with Gasteiger partial charge in [-0.25, -0.2) is 8.42 Å². The highest BCUT2D eigenvalue weighted by Crippen LogP contribution is 2.39. The molecule has 4 rings (SSSR count). The number of aliphatic hydroxyl groups is 1. The maximum Gasteiger partial charge on any atom is 0.421 e. The van der Waals surface area contributed by atoms with Gasteiger partial charge in [-0.2, -0.15) is 17.5 Å². The van der Waals surface area contributed by atoms with Crippen LogP contribution in [0.2, 0.25) is 0 Å². The van der Waals surface area contributed by atoms with Crippen molar-refractivity contribution in [2.45, 2.75) is 35.9 Å². The molecule has 1 aromatic heterocycles. The molecule has 204 valence electrons. The lowest BCUT2D eigenvalue weighted by Gasteiger charge is -2.44. The zero-order valence-electron chi connectivity index (χ0n) is 20.8. The Hall–Kier alpha value is -2.93. The first-order valence-corrected chi connectivity index (χ1v) is 14.2. The highest BCUT2D eigenvalue weighted by atomic mass is 32.2. The quantitative estimate of drug-likeness (QED) is 0.456. The van der Waals surface area contributed by atoms with E-state index in [0.717, 1.165) is 11.3 Å². The molecule has 7 nitrogen and oxygen atoms in total. The minimum absolute atomic E-state index is 0.0683. The minimum Gasteiger partial charge on any atom is -0.376 e. The zero-order valence-corrected chi connectivity index (χ0v) is 22.4. The first kappa shape index (κ1) is 28.1. The molecule has 2 aromatic carbocycles. The Morgan fingerprint density at radius 1 is 1.05 bits per heavy atom. The Morgan fingerprint density at radius 3 is 2.26 bits per heavy atom. The van der Waals surface area contributed by atoms with Crippen LogP contribution in [-0.2, 0) is 20.4 Å². The summed E-state index contributed by atoms with van der Waals surface area (Å²) < 4.78 is 68.1. The van der Waals surface area contributed by atoms with Gasteiger partial charge in [0.05, 0.1) is 6.04 Å². The lowest BCUT2D eigenvalue weighted by molar-refractivity contribution is -0.258. The van der Waals surface area contributed by atoms with Gasteiger partial charge in [0.25, 0.3) is 10.0 Å². The molecule has 38 heavy (non-hydrogen) atoms. The van der Waals surface area contributed by atoms with Crippen LogP contribution in [0.1, 0.15) is 19.4 Å². The lowest BCUT2D eigenvalue weighted by atomic mass is 9.95.